The number of nitrogens with one attached hydrogen (secondary N) is 1. The number of aliphatic hydroxyl groups is 1. The smallest absolute Gasteiger partial charge is 0.272 e. The first kappa shape index (κ1) is 15.0. The maximum Gasteiger partial charge on any atom is 0.272 e. The van der Waals surface area contributed by atoms with E-state index >= 15 is 0 Å². The second kappa shape index (κ2) is 6.88. The minimum Gasteiger partial charge on any atom is -0.394 e. The van der Waals surface area contributed by atoms with Crippen LogP contribution in [-0.2, 0) is 0 Å². The van der Waals surface area contributed by atoms with Crippen molar-refractivity contribution in [2.45, 2.75) is 58.0 Å². The summed E-state index contributed by atoms with van der Waals surface area (Å²) in [5.41, 5.74) is 0.444. The van der Waals surface area contributed by atoms with Crippen LogP contribution >= 0.6 is 0 Å². The fraction of sp³-hybridized carbons (Fsp3) is 0.733. The summed E-state index contributed by atoms with van der Waals surface area (Å²) in [6.07, 6.45) is 7.44. The molecule has 0 radical (unpaired) electrons. The molecule has 0 unspecified atom stereocenters. The van der Waals surface area contributed by atoms with Gasteiger partial charge in [0.2, 0.25) is 0 Å². The number of amides is 1. The molecule has 5 nitrogen and oxygen atoms in total. The maximum absolute atomic E-state index is 12.1. The molecule has 1 saturated carbocycles. The molecule has 1 amide bonds. The van der Waals surface area contributed by atoms with E-state index in [2.05, 4.69) is 24.3 Å². The number of aliphatic hydroxyl groups excluding tert-OH is 1. The van der Waals surface area contributed by atoms with Crippen molar-refractivity contribution < 1.29 is 9.90 Å². The summed E-state index contributed by atoms with van der Waals surface area (Å²) < 4.78 is 1.91. The number of rotatable bonds is 6. The van der Waals surface area contributed by atoms with Crippen LogP contribution in [0.5, 0.6) is 0 Å². The van der Waals surface area contributed by atoms with Crippen molar-refractivity contribution in [2.75, 3.05) is 6.61 Å². The second-order valence-electron chi connectivity index (χ2n) is 6.10. The van der Waals surface area contributed by atoms with Crippen LogP contribution < -0.4 is 5.32 Å². The van der Waals surface area contributed by atoms with Gasteiger partial charge < -0.3 is 10.4 Å². The Balaban J connectivity index is 1.94. The van der Waals surface area contributed by atoms with Crippen LogP contribution in [-0.4, -0.2) is 33.4 Å². The monoisotopic (exact) mass is 279 g/mol. The molecule has 1 fully saturated rings. The van der Waals surface area contributed by atoms with Crippen LogP contribution in [0.1, 0.15) is 62.5 Å². The van der Waals surface area contributed by atoms with E-state index in [1.165, 1.54) is 12.8 Å². The molecule has 1 aromatic heterocycles. The van der Waals surface area contributed by atoms with Crippen LogP contribution in [0.4, 0.5) is 0 Å². The lowest BCUT2D eigenvalue weighted by atomic mass is 10.0. The average molecular weight is 279 g/mol. The quantitative estimate of drug-likeness (QED) is 0.838. The minimum atomic E-state index is -0.195. The van der Waals surface area contributed by atoms with E-state index in [-0.39, 0.29) is 18.6 Å². The van der Waals surface area contributed by atoms with Crippen LogP contribution in [0, 0.1) is 5.92 Å². The summed E-state index contributed by atoms with van der Waals surface area (Å²) in [7, 11) is 0. The summed E-state index contributed by atoms with van der Waals surface area (Å²) in [6.45, 7) is 4.11. The van der Waals surface area contributed by atoms with Crippen molar-refractivity contribution in [1.29, 1.82) is 0 Å². The van der Waals surface area contributed by atoms with Gasteiger partial charge in [-0.15, -0.1) is 0 Å². The third-order valence-electron chi connectivity index (χ3n) is 3.85. The first-order valence-electron chi connectivity index (χ1n) is 7.57. The normalized spacial score (nSPS) is 17.6. The van der Waals surface area contributed by atoms with Crippen LogP contribution in [0.15, 0.2) is 12.3 Å². The van der Waals surface area contributed by atoms with Gasteiger partial charge in [-0.2, -0.15) is 5.10 Å². The first-order valence-corrected chi connectivity index (χ1v) is 7.57. The van der Waals surface area contributed by atoms with Crippen molar-refractivity contribution in [3.63, 3.8) is 0 Å². The van der Waals surface area contributed by atoms with E-state index in [9.17, 15) is 9.90 Å². The summed E-state index contributed by atoms with van der Waals surface area (Å²) in [6, 6.07) is 2.01. The number of hydrogen-bond donors (Lipinski definition) is 2. The predicted molar refractivity (Wildman–Crippen MR) is 77.5 cm³/mol. The van der Waals surface area contributed by atoms with Gasteiger partial charge in [0.05, 0.1) is 18.7 Å². The van der Waals surface area contributed by atoms with Gasteiger partial charge in [-0.1, -0.05) is 26.7 Å². The van der Waals surface area contributed by atoms with Crippen LogP contribution in [0.2, 0.25) is 0 Å². The molecule has 1 aliphatic carbocycles. The minimum absolute atomic E-state index is 0.0345. The predicted octanol–water partition coefficient (Wildman–Crippen LogP) is 2.13. The van der Waals surface area contributed by atoms with Gasteiger partial charge in [-0.05, 0) is 31.2 Å². The van der Waals surface area contributed by atoms with Crippen molar-refractivity contribution in [3.05, 3.63) is 18.0 Å². The topological polar surface area (TPSA) is 67.2 Å². The highest BCUT2D eigenvalue weighted by Gasteiger charge is 2.20. The Labute approximate surface area is 120 Å². The molecule has 1 heterocycles. The van der Waals surface area contributed by atoms with E-state index in [1.54, 1.807) is 6.07 Å². The molecule has 112 valence electrons. The molecule has 1 atom stereocenters. The van der Waals surface area contributed by atoms with E-state index in [1.807, 2.05) is 10.9 Å². The number of carbonyl (C=O) groups is 1. The second-order valence-corrected chi connectivity index (χ2v) is 6.10. The van der Waals surface area contributed by atoms with E-state index in [0.29, 0.717) is 17.7 Å². The Bertz CT molecular complexity index is 436. The molecule has 0 spiro atoms. The molecule has 2 N–H and O–H groups in total. The number of nitrogens with zero attached hydrogens (tertiary/aromatic N) is 2. The lowest BCUT2D eigenvalue weighted by molar-refractivity contribution is 0.0902. The van der Waals surface area contributed by atoms with Crippen LogP contribution in [0.3, 0.4) is 0 Å². The molecular formula is C15H25N3O2. The number of carbonyl (C=O) groups excluding carboxylic acids is 1. The summed E-state index contributed by atoms with van der Waals surface area (Å²) in [5.74, 6) is 0.241. The number of aromatic nitrogens is 2. The van der Waals surface area contributed by atoms with Gasteiger partial charge in [-0.3, -0.25) is 9.48 Å². The van der Waals surface area contributed by atoms with E-state index in [4.69, 9.17) is 0 Å². The molecule has 0 bridgehead atoms. The highest BCUT2D eigenvalue weighted by Crippen LogP contribution is 2.28. The molecule has 1 aliphatic rings. The van der Waals surface area contributed by atoms with Gasteiger partial charge in [0.15, 0.2) is 0 Å². The fourth-order valence-electron chi connectivity index (χ4n) is 2.84. The Hall–Kier alpha value is -1.36. The molecular weight excluding hydrogens is 254 g/mol. The molecule has 2 rings (SSSR count). The molecule has 5 heteroatoms. The Morgan fingerprint density at radius 3 is 2.80 bits per heavy atom. The number of hydrogen-bond acceptors (Lipinski definition) is 3. The van der Waals surface area contributed by atoms with Gasteiger partial charge in [0.1, 0.15) is 5.69 Å². The maximum atomic E-state index is 12.1. The van der Waals surface area contributed by atoms with E-state index in [0.717, 1.165) is 19.3 Å². The van der Waals surface area contributed by atoms with Gasteiger partial charge >= 0.3 is 0 Å². The fourth-order valence-corrected chi connectivity index (χ4v) is 2.84. The lowest BCUT2D eigenvalue weighted by Crippen LogP contribution is -2.38. The van der Waals surface area contributed by atoms with Crippen molar-refractivity contribution in [2.24, 2.45) is 5.92 Å². The van der Waals surface area contributed by atoms with Crippen molar-refractivity contribution in [3.8, 4) is 0 Å². The van der Waals surface area contributed by atoms with E-state index < -0.39 is 0 Å². The highest BCUT2D eigenvalue weighted by molar-refractivity contribution is 5.92. The third-order valence-corrected chi connectivity index (χ3v) is 3.85. The lowest BCUT2D eigenvalue weighted by Gasteiger charge is -2.17. The molecule has 20 heavy (non-hydrogen) atoms. The van der Waals surface area contributed by atoms with Gasteiger partial charge in [0.25, 0.3) is 5.91 Å². The third kappa shape index (κ3) is 3.82. The molecule has 0 aromatic carbocycles. The largest absolute Gasteiger partial charge is 0.394 e. The van der Waals surface area contributed by atoms with Crippen LogP contribution in [0.25, 0.3) is 0 Å². The molecule has 0 aliphatic heterocycles. The van der Waals surface area contributed by atoms with Gasteiger partial charge in [-0.25, -0.2) is 0 Å². The average Bonchev–Trinajstić information content (AvgIpc) is 3.07. The Kier molecular flexibility index (Phi) is 5.17. The molecule has 0 saturated heterocycles. The zero-order chi connectivity index (χ0) is 14.5. The Morgan fingerprint density at radius 2 is 2.20 bits per heavy atom. The summed E-state index contributed by atoms with van der Waals surface area (Å²) in [4.78, 5) is 12.1. The SMILES string of the molecule is CC(C)C[C@@H](CO)NC(=O)c1ccn(C2CCCC2)n1. The standard InChI is InChI=1S/C15H25N3O2/c1-11(2)9-12(10-19)16-15(20)14-7-8-18(17-14)13-5-3-4-6-13/h7-8,11-13,19H,3-6,9-10H2,1-2H3,(H,16,20)/t12-/m0/s1. The summed E-state index contributed by atoms with van der Waals surface area (Å²) in [5, 5.41) is 16.5. The zero-order valence-electron chi connectivity index (χ0n) is 12.4. The molecule has 1 aromatic rings. The van der Waals surface area contributed by atoms with Crippen molar-refractivity contribution in [1.82, 2.24) is 15.1 Å². The van der Waals surface area contributed by atoms with Crippen molar-refractivity contribution >= 4 is 5.91 Å². The van der Waals surface area contributed by atoms with Gasteiger partial charge in [0, 0.05) is 6.20 Å². The summed E-state index contributed by atoms with van der Waals surface area (Å²) >= 11 is 0. The first-order chi connectivity index (χ1) is 9.60. The zero-order valence-corrected chi connectivity index (χ0v) is 12.4. The highest BCUT2D eigenvalue weighted by atomic mass is 16.3. The Morgan fingerprint density at radius 1 is 1.50 bits per heavy atom.